The number of unbranched alkanes of at least 4 members (excludes halogenated alkanes) is 1. The van der Waals surface area contributed by atoms with Crippen LogP contribution in [-0.4, -0.2) is 86.1 Å². The monoisotopic (exact) mass is 731 g/mol. The quantitative estimate of drug-likeness (QED) is 0.0814. The maximum Gasteiger partial charge on any atom is 0.413 e. The van der Waals surface area contributed by atoms with Gasteiger partial charge in [-0.3, -0.25) is 14.9 Å². The molecule has 0 aliphatic carbocycles. The van der Waals surface area contributed by atoms with E-state index in [1.807, 2.05) is 38.1 Å². The Labute approximate surface area is 311 Å². The smallest absolute Gasteiger partial charge is 0.413 e. The van der Waals surface area contributed by atoms with Crippen LogP contribution < -0.4 is 26.0 Å². The molecule has 294 valence electrons. The molecule has 1 aromatic carbocycles. The molecule has 13 heteroatoms. The molecular formula is C39H65N5O8. The van der Waals surface area contributed by atoms with Gasteiger partial charge < -0.3 is 34.9 Å². The van der Waals surface area contributed by atoms with E-state index in [1.165, 1.54) is 11.8 Å². The molecule has 0 spiro atoms. The highest BCUT2D eigenvalue weighted by atomic mass is 16.6. The number of pyridine rings is 1. The molecule has 1 heterocycles. The van der Waals surface area contributed by atoms with E-state index in [4.69, 9.17) is 18.9 Å². The molecule has 4 N–H and O–H groups in total. The number of anilines is 1. The Balaban J connectivity index is 0.000000957. The van der Waals surface area contributed by atoms with E-state index in [0.717, 1.165) is 18.6 Å². The third-order valence-electron chi connectivity index (χ3n) is 6.61. The van der Waals surface area contributed by atoms with Crippen molar-refractivity contribution in [1.82, 2.24) is 20.9 Å². The second kappa shape index (κ2) is 25.7. The van der Waals surface area contributed by atoms with Crippen molar-refractivity contribution in [2.75, 3.05) is 38.7 Å². The van der Waals surface area contributed by atoms with Crippen molar-refractivity contribution in [2.24, 2.45) is 5.92 Å². The lowest BCUT2D eigenvalue weighted by molar-refractivity contribution is -0.158. The SMILES string of the molecule is CC.CC(C)(C)OC(=O)Nc1ccc(CC(NC=O)C(=O)OC(C)(C)C)cn1.CNCC(=O)NC(COCCCCOc1ccc(C)cc1)C(C)C. The van der Waals surface area contributed by atoms with Gasteiger partial charge in [-0.25, -0.2) is 14.6 Å². The summed E-state index contributed by atoms with van der Waals surface area (Å²) in [6, 6.07) is 10.6. The van der Waals surface area contributed by atoms with Crippen LogP contribution in [0.1, 0.15) is 93.2 Å². The van der Waals surface area contributed by atoms with E-state index in [-0.39, 0.29) is 18.4 Å². The van der Waals surface area contributed by atoms with Gasteiger partial charge in [0.05, 0.1) is 25.8 Å². The molecule has 2 atom stereocenters. The van der Waals surface area contributed by atoms with Crippen LogP contribution in [0.25, 0.3) is 0 Å². The average molecular weight is 732 g/mol. The summed E-state index contributed by atoms with van der Waals surface area (Å²) in [7, 11) is 1.76. The van der Waals surface area contributed by atoms with Gasteiger partial charge in [0.2, 0.25) is 12.3 Å². The number of carbonyl (C=O) groups is 4. The van der Waals surface area contributed by atoms with E-state index in [1.54, 1.807) is 60.7 Å². The summed E-state index contributed by atoms with van der Waals surface area (Å²) in [5.74, 6) is 1.05. The Morgan fingerprint density at radius 1 is 0.885 bits per heavy atom. The number of likely N-dealkylation sites (N-methyl/N-ethyl adjacent to an activating group) is 1. The summed E-state index contributed by atoms with van der Waals surface area (Å²) in [6.07, 6.45) is 3.48. The first kappa shape index (κ1) is 47.8. The first-order valence-electron chi connectivity index (χ1n) is 18.0. The van der Waals surface area contributed by atoms with E-state index in [0.29, 0.717) is 50.1 Å². The topological polar surface area (TPSA) is 166 Å². The van der Waals surface area contributed by atoms with Crippen molar-refractivity contribution in [3.63, 3.8) is 0 Å². The molecule has 2 rings (SSSR count). The Morgan fingerprint density at radius 3 is 2.02 bits per heavy atom. The number of rotatable bonds is 18. The maximum atomic E-state index is 12.2. The number of aromatic nitrogens is 1. The van der Waals surface area contributed by atoms with Gasteiger partial charge in [-0.05, 0) is 98.0 Å². The minimum atomic E-state index is -0.821. The van der Waals surface area contributed by atoms with Crippen LogP contribution in [0.5, 0.6) is 5.75 Å². The van der Waals surface area contributed by atoms with Gasteiger partial charge in [0, 0.05) is 19.2 Å². The second-order valence-corrected chi connectivity index (χ2v) is 14.1. The van der Waals surface area contributed by atoms with Crippen LogP contribution in [0.3, 0.4) is 0 Å². The van der Waals surface area contributed by atoms with E-state index in [9.17, 15) is 19.2 Å². The number of benzene rings is 1. The molecule has 13 nitrogen and oxygen atoms in total. The summed E-state index contributed by atoms with van der Waals surface area (Å²) in [6.45, 7) is 23.0. The highest BCUT2D eigenvalue weighted by Gasteiger charge is 2.25. The van der Waals surface area contributed by atoms with Crippen molar-refractivity contribution >= 4 is 30.2 Å². The largest absolute Gasteiger partial charge is 0.494 e. The number of hydrogen-bond donors (Lipinski definition) is 4. The molecule has 0 aliphatic heterocycles. The van der Waals surface area contributed by atoms with Gasteiger partial charge in [0.15, 0.2) is 0 Å². The minimum absolute atomic E-state index is 0.00583. The summed E-state index contributed by atoms with van der Waals surface area (Å²) in [5.41, 5.74) is 0.673. The predicted molar refractivity (Wildman–Crippen MR) is 205 cm³/mol. The minimum Gasteiger partial charge on any atom is -0.494 e. The Hall–Kier alpha value is -4.23. The van der Waals surface area contributed by atoms with Crippen LogP contribution in [0.2, 0.25) is 0 Å². The van der Waals surface area contributed by atoms with Gasteiger partial charge in [0.25, 0.3) is 0 Å². The van der Waals surface area contributed by atoms with E-state index in [2.05, 4.69) is 47.0 Å². The van der Waals surface area contributed by atoms with Crippen LogP contribution in [0, 0.1) is 12.8 Å². The summed E-state index contributed by atoms with van der Waals surface area (Å²) in [5, 5.41) is 10.8. The first-order valence-corrected chi connectivity index (χ1v) is 18.0. The summed E-state index contributed by atoms with van der Waals surface area (Å²) < 4.78 is 21.8. The fourth-order valence-corrected chi connectivity index (χ4v) is 4.09. The molecule has 0 saturated heterocycles. The van der Waals surface area contributed by atoms with Gasteiger partial charge >= 0.3 is 12.1 Å². The van der Waals surface area contributed by atoms with E-state index >= 15 is 0 Å². The standard InChI is InChI=1S/C19H32N2O3.C18H27N3O5.C2H6/c1-15(2)18(21-19(22)13-20-4)14-23-11-5-6-12-24-17-9-7-16(3)8-10-17;1-17(2,3)25-15(23)13(20-11-22)9-12-7-8-14(19-10-12)21-16(24)26-18(4,5)6;1-2/h7-10,15,18,20H,5-6,11-14H2,1-4H3,(H,21,22);7-8,10-11,13H,9H2,1-6H3,(H,20,22)(H,19,21,24);1-2H3. The zero-order chi connectivity index (χ0) is 39.7. The lowest BCUT2D eigenvalue weighted by Crippen LogP contribution is -2.45. The molecule has 2 unspecified atom stereocenters. The number of aryl methyl sites for hydroxylation is 1. The molecule has 2 aromatic rings. The van der Waals surface area contributed by atoms with Crippen molar-refractivity contribution in [1.29, 1.82) is 0 Å². The number of esters is 1. The normalized spacial score (nSPS) is 12.1. The third-order valence-corrected chi connectivity index (χ3v) is 6.61. The zero-order valence-electron chi connectivity index (χ0n) is 33.5. The van der Waals surface area contributed by atoms with Gasteiger partial charge in [0.1, 0.15) is 28.8 Å². The molecule has 1 aromatic heterocycles. The first-order chi connectivity index (χ1) is 24.4. The molecule has 0 aliphatic rings. The van der Waals surface area contributed by atoms with E-state index < -0.39 is 29.3 Å². The van der Waals surface area contributed by atoms with Crippen molar-refractivity contribution < 1.29 is 38.1 Å². The predicted octanol–water partition coefficient (Wildman–Crippen LogP) is 5.98. The van der Waals surface area contributed by atoms with Crippen LogP contribution in [0.4, 0.5) is 10.6 Å². The molecular weight excluding hydrogens is 666 g/mol. The number of ether oxygens (including phenoxy) is 4. The van der Waals surface area contributed by atoms with Crippen LogP contribution in [-0.2, 0) is 35.0 Å². The number of nitrogens with one attached hydrogen (secondary N) is 4. The zero-order valence-corrected chi connectivity index (χ0v) is 33.5. The van der Waals surface area contributed by atoms with Gasteiger partial charge in [-0.15, -0.1) is 0 Å². The molecule has 0 fully saturated rings. The summed E-state index contributed by atoms with van der Waals surface area (Å²) in [4.78, 5) is 50.4. The van der Waals surface area contributed by atoms with Crippen molar-refractivity contribution in [3.05, 3.63) is 53.7 Å². The Kier molecular flexibility index (Phi) is 23.6. The maximum absolute atomic E-state index is 12.2. The third kappa shape index (κ3) is 24.0. The molecule has 0 saturated carbocycles. The second-order valence-electron chi connectivity index (χ2n) is 14.1. The average Bonchev–Trinajstić information content (AvgIpc) is 3.05. The number of nitrogens with zero attached hydrogens (tertiary/aromatic N) is 1. The highest BCUT2D eigenvalue weighted by molar-refractivity contribution is 5.83. The molecule has 3 amide bonds. The fourth-order valence-electron chi connectivity index (χ4n) is 4.09. The van der Waals surface area contributed by atoms with Crippen molar-refractivity contribution in [2.45, 2.75) is 119 Å². The Bertz CT molecular complexity index is 1290. The van der Waals surface area contributed by atoms with Gasteiger partial charge in [-0.1, -0.05) is 51.5 Å². The summed E-state index contributed by atoms with van der Waals surface area (Å²) >= 11 is 0. The number of hydrogen-bond acceptors (Lipinski definition) is 10. The highest BCUT2D eigenvalue weighted by Crippen LogP contribution is 2.14. The molecule has 52 heavy (non-hydrogen) atoms. The van der Waals surface area contributed by atoms with Crippen molar-refractivity contribution in [3.8, 4) is 5.75 Å². The van der Waals surface area contributed by atoms with Gasteiger partial charge in [-0.2, -0.15) is 0 Å². The Morgan fingerprint density at radius 2 is 1.50 bits per heavy atom. The lowest BCUT2D eigenvalue weighted by Gasteiger charge is -2.23. The molecule has 0 bridgehead atoms. The number of amides is 3. The lowest BCUT2D eigenvalue weighted by atomic mass is 10.1. The van der Waals surface area contributed by atoms with Crippen LogP contribution >= 0.6 is 0 Å². The molecule has 0 radical (unpaired) electrons. The fraction of sp³-hybridized carbons (Fsp3) is 0.615. The number of carbonyl (C=O) groups excluding carboxylic acids is 4. The van der Waals surface area contributed by atoms with Crippen LogP contribution in [0.15, 0.2) is 42.6 Å².